The van der Waals surface area contributed by atoms with Gasteiger partial charge < -0.3 is 19.0 Å². The number of carbonyl (C=O) groups excluding carboxylic acids is 2. The molecule has 14 heteroatoms. The Balaban J connectivity index is 0.000000267. The lowest BCUT2D eigenvalue weighted by molar-refractivity contribution is -0.127. The topological polar surface area (TPSA) is 151 Å². The summed E-state index contributed by atoms with van der Waals surface area (Å²) < 4.78 is 61.2. The number of hydrogen-bond acceptors (Lipinski definition) is 10. The van der Waals surface area contributed by atoms with Crippen LogP contribution in [0.15, 0.2) is 218 Å². The molecule has 0 aliphatic heterocycles. The molecule has 0 bridgehead atoms. The van der Waals surface area contributed by atoms with E-state index in [1.165, 1.54) is 24.3 Å². The van der Waals surface area contributed by atoms with Gasteiger partial charge in [0.15, 0.2) is 0 Å². The van der Waals surface area contributed by atoms with E-state index < -0.39 is 32.3 Å². The largest absolute Gasteiger partial charge is 0.379 e. The number of nitrogens with zero attached hydrogens (tertiary/aromatic N) is 2. The van der Waals surface area contributed by atoms with Gasteiger partial charge in [-0.15, -0.1) is 26.3 Å². The van der Waals surface area contributed by atoms with E-state index in [1.54, 1.807) is 97.1 Å². The molecule has 0 fully saturated rings. The molecule has 0 radical (unpaired) electrons. The zero-order chi connectivity index (χ0) is 52.3. The molecule has 12 nitrogen and oxygen atoms in total. The van der Waals surface area contributed by atoms with Crippen LogP contribution in [0.2, 0.25) is 0 Å². The number of nitrogens with one attached hydrogen (secondary N) is 2. The van der Waals surface area contributed by atoms with Gasteiger partial charge >= 0.3 is 20.2 Å². The molecule has 0 unspecified atom stereocenters. The molecule has 0 heterocycles. The fourth-order valence-electron chi connectivity index (χ4n) is 7.83. The first kappa shape index (κ1) is 55.6. The maximum Gasteiger partial charge on any atom is 0.339 e. The lowest BCUT2D eigenvalue weighted by atomic mass is 9.89. The highest BCUT2D eigenvalue weighted by Gasteiger charge is 2.32. The Morgan fingerprint density at radius 2 is 0.819 bits per heavy atom. The third-order valence-corrected chi connectivity index (χ3v) is 14.2. The lowest BCUT2D eigenvalue weighted by Crippen LogP contribution is -2.48. The summed E-state index contributed by atoms with van der Waals surface area (Å²) in [6.07, 6.45) is 6.94. The van der Waals surface area contributed by atoms with Crippen molar-refractivity contribution in [3.63, 3.8) is 0 Å². The van der Waals surface area contributed by atoms with Gasteiger partial charge in [0.25, 0.3) is 0 Å². The number of benzene rings is 6. The van der Waals surface area contributed by atoms with Gasteiger partial charge in [-0.1, -0.05) is 145 Å². The van der Waals surface area contributed by atoms with E-state index >= 15 is 0 Å². The van der Waals surface area contributed by atoms with E-state index in [2.05, 4.69) is 36.9 Å². The molecule has 72 heavy (non-hydrogen) atoms. The van der Waals surface area contributed by atoms with Gasteiger partial charge in [0, 0.05) is 38.0 Å². The minimum absolute atomic E-state index is 0.0855. The van der Waals surface area contributed by atoms with Crippen LogP contribution >= 0.6 is 0 Å². The fourth-order valence-corrected chi connectivity index (χ4v) is 9.69. The first-order chi connectivity index (χ1) is 34.5. The molecule has 376 valence electrons. The van der Waals surface area contributed by atoms with Crippen LogP contribution in [-0.4, -0.2) is 77.7 Å². The summed E-state index contributed by atoms with van der Waals surface area (Å²) in [5, 5.41) is 6.04. The van der Waals surface area contributed by atoms with E-state index in [1.807, 2.05) is 98.4 Å². The molecular formula is C58H64N4O8S2. The maximum absolute atomic E-state index is 13.3. The number of rotatable bonds is 24. The molecule has 0 aromatic heterocycles. The van der Waals surface area contributed by atoms with Crippen LogP contribution in [0, 0.1) is 13.8 Å². The minimum Gasteiger partial charge on any atom is -0.379 e. The van der Waals surface area contributed by atoms with Crippen molar-refractivity contribution < 1.29 is 34.8 Å². The van der Waals surface area contributed by atoms with E-state index in [4.69, 9.17) is 8.37 Å². The Labute approximate surface area is 426 Å². The van der Waals surface area contributed by atoms with Gasteiger partial charge in [0.1, 0.15) is 21.3 Å². The van der Waals surface area contributed by atoms with Crippen LogP contribution in [0.4, 0.5) is 0 Å². The molecular weight excluding hydrogens is 945 g/mol. The normalized spacial score (nSPS) is 13.0. The Kier molecular flexibility index (Phi) is 20.6. The minimum atomic E-state index is -3.96. The average molecular weight is 1010 g/mol. The molecule has 0 saturated carbocycles. The van der Waals surface area contributed by atoms with E-state index in [9.17, 15) is 26.4 Å². The van der Waals surface area contributed by atoms with Gasteiger partial charge in [-0.2, -0.15) is 16.8 Å². The lowest BCUT2D eigenvalue weighted by Gasteiger charge is -2.32. The quantitative estimate of drug-likeness (QED) is 0.0443. The zero-order valence-electron chi connectivity index (χ0n) is 41.3. The third-order valence-electron chi connectivity index (χ3n) is 11.7. The second-order valence-electron chi connectivity index (χ2n) is 17.1. The zero-order valence-corrected chi connectivity index (χ0v) is 42.9. The van der Waals surface area contributed by atoms with Crippen molar-refractivity contribution in [2.75, 3.05) is 27.2 Å². The van der Waals surface area contributed by atoms with Gasteiger partial charge in [0.2, 0.25) is 11.8 Å². The van der Waals surface area contributed by atoms with Crippen LogP contribution < -0.4 is 19.0 Å². The van der Waals surface area contributed by atoms with Crippen molar-refractivity contribution in [1.82, 2.24) is 20.4 Å². The Hall–Kier alpha value is -7.36. The van der Waals surface area contributed by atoms with Crippen LogP contribution in [-0.2, 0) is 42.9 Å². The van der Waals surface area contributed by atoms with Crippen LogP contribution in [0.3, 0.4) is 0 Å². The molecule has 6 rings (SSSR count). The molecule has 6 aromatic rings. The summed E-state index contributed by atoms with van der Waals surface area (Å²) in [6, 6.07) is 44.6. The molecule has 6 aromatic carbocycles. The second-order valence-corrected chi connectivity index (χ2v) is 20.2. The predicted octanol–water partition coefficient (Wildman–Crippen LogP) is 9.67. The van der Waals surface area contributed by atoms with Crippen molar-refractivity contribution in [1.29, 1.82) is 0 Å². The number of hydrogen-bond donors (Lipinski definition) is 2. The average Bonchev–Trinajstić information content (AvgIpc) is 3.37. The summed E-state index contributed by atoms with van der Waals surface area (Å²) >= 11 is 0. The molecule has 0 saturated heterocycles. The highest BCUT2D eigenvalue weighted by atomic mass is 32.2. The SMILES string of the molecule is C=CCN(C)[C@H](C(=O)NCc1ccccc1)[C@@H](C=C)c1ccc(OS(=O)(=O)c2ccc(C)cc2)cc1.C=CCN(C)[C@H](C(=O)NCc1ccccc1)[C@@H](C=C)c1ccc(OS(=O)(=O)c2ccc(C)cc2)cc1. The third kappa shape index (κ3) is 15.8. The molecule has 2 amide bonds. The van der Waals surface area contributed by atoms with Gasteiger partial charge in [-0.05, 0) is 98.7 Å². The molecule has 0 aliphatic carbocycles. The summed E-state index contributed by atoms with van der Waals surface area (Å²) in [6.45, 7) is 21.1. The van der Waals surface area contributed by atoms with Crippen LogP contribution in [0.25, 0.3) is 0 Å². The molecule has 4 atom stereocenters. The van der Waals surface area contributed by atoms with Crippen molar-refractivity contribution in [3.05, 3.63) is 242 Å². The standard InChI is InChI=1S/2C29H32N2O4S/c2*1-5-20-31(4)28(29(32)30-21-23-10-8-7-9-11-23)27(6-2)24-14-16-25(17-15-24)35-36(33,34)26-18-12-22(3)13-19-26/h2*5-19,27-28H,1-2,20-21H2,3-4H3,(H,30,32)/t2*27-,28-/m00/s1. The summed E-state index contributed by atoms with van der Waals surface area (Å²) in [5.74, 6) is -0.619. The highest BCUT2D eigenvalue weighted by Crippen LogP contribution is 2.30. The van der Waals surface area contributed by atoms with Crippen molar-refractivity contribution in [3.8, 4) is 11.5 Å². The number of aryl methyl sites for hydroxylation is 2. The summed E-state index contributed by atoms with van der Waals surface area (Å²) in [7, 11) is -4.20. The maximum atomic E-state index is 13.3. The highest BCUT2D eigenvalue weighted by molar-refractivity contribution is 7.87. The van der Waals surface area contributed by atoms with E-state index in [-0.39, 0.29) is 44.9 Å². The first-order valence-electron chi connectivity index (χ1n) is 23.2. The van der Waals surface area contributed by atoms with Gasteiger partial charge in [0.05, 0.1) is 12.1 Å². The van der Waals surface area contributed by atoms with Gasteiger partial charge in [-0.25, -0.2) is 0 Å². The molecule has 0 aliphatic rings. The van der Waals surface area contributed by atoms with Crippen LogP contribution in [0.5, 0.6) is 11.5 Å². The fraction of sp³-hybridized carbons (Fsp3) is 0.207. The monoisotopic (exact) mass is 1010 g/mol. The van der Waals surface area contributed by atoms with E-state index in [0.29, 0.717) is 26.2 Å². The van der Waals surface area contributed by atoms with Crippen LogP contribution in [0.1, 0.15) is 45.2 Å². The van der Waals surface area contributed by atoms with Crippen molar-refractivity contribution >= 4 is 32.1 Å². The van der Waals surface area contributed by atoms with Crippen molar-refractivity contribution in [2.45, 2.75) is 60.6 Å². The summed E-state index contributed by atoms with van der Waals surface area (Å²) in [4.78, 5) is 30.6. The Bertz CT molecular complexity index is 2750. The van der Waals surface area contributed by atoms with E-state index in [0.717, 1.165) is 33.4 Å². The molecule has 0 spiro atoms. The molecule has 2 N–H and O–H groups in total. The second kappa shape index (κ2) is 26.7. The number of likely N-dealkylation sites (N-methyl/N-ethyl adjacent to an activating group) is 2. The first-order valence-corrected chi connectivity index (χ1v) is 26.0. The Morgan fingerprint density at radius 1 is 0.500 bits per heavy atom. The smallest absolute Gasteiger partial charge is 0.339 e. The van der Waals surface area contributed by atoms with Crippen molar-refractivity contribution in [2.24, 2.45) is 0 Å². The Morgan fingerprint density at radius 3 is 1.11 bits per heavy atom. The predicted molar refractivity (Wildman–Crippen MR) is 287 cm³/mol. The number of carbonyl (C=O) groups is 2. The number of amides is 2. The summed E-state index contributed by atoms with van der Waals surface area (Å²) in [5.41, 5.74) is 5.53. The van der Waals surface area contributed by atoms with Gasteiger partial charge in [-0.3, -0.25) is 19.4 Å².